The molecule has 3 heteroatoms. The van der Waals surface area contributed by atoms with E-state index in [-0.39, 0.29) is 0 Å². The van der Waals surface area contributed by atoms with Crippen molar-refractivity contribution in [1.29, 1.82) is 0 Å². The van der Waals surface area contributed by atoms with E-state index in [1.807, 2.05) is 16.7 Å². The minimum atomic E-state index is 0.366. The molecule has 2 nitrogen and oxygen atoms in total. The van der Waals surface area contributed by atoms with Crippen molar-refractivity contribution in [2.75, 3.05) is 18.8 Å². The lowest BCUT2D eigenvalue weighted by molar-refractivity contribution is -0.131. The summed E-state index contributed by atoms with van der Waals surface area (Å²) in [6, 6.07) is 0. The maximum atomic E-state index is 11.7. The molecule has 1 amide bonds. The Hall–Kier alpha value is -0.180. The van der Waals surface area contributed by atoms with Crippen LogP contribution in [0.1, 0.15) is 39.5 Å². The first-order valence-electron chi connectivity index (χ1n) is 5.63. The Morgan fingerprint density at radius 2 is 2.29 bits per heavy atom. The van der Waals surface area contributed by atoms with Gasteiger partial charge in [-0.05, 0) is 6.42 Å². The Balaban J connectivity index is 2.22. The minimum absolute atomic E-state index is 0.366. The van der Waals surface area contributed by atoms with Gasteiger partial charge in [-0.2, -0.15) is 11.8 Å². The number of amides is 1. The van der Waals surface area contributed by atoms with E-state index in [1.54, 1.807) is 0 Å². The maximum Gasteiger partial charge on any atom is 0.222 e. The molecule has 82 valence electrons. The third-order valence-electron chi connectivity index (χ3n) is 2.59. The number of unbranched alkanes of at least 4 members (excludes halogenated alkanes) is 2. The quantitative estimate of drug-likeness (QED) is 0.672. The third-order valence-corrected chi connectivity index (χ3v) is 3.72. The van der Waals surface area contributed by atoms with Crippen molar-refractivity contribution >= 4 is 17.7 Å². The van der Waals surface area contributed by atoms with Crippen LogP contribution < -0.4 is 0 Å². The zero-order chi connectivity index (χ0) is 10.4. The summed E-state index contributed by atoms with van der Waals surface area (Å²) in [4.78, 5) is 13.8. The average molecular weight is 215 g/mol. The lowest BCUT2D eigenvalue weighted by Crippen LogP contribution is -2.40. The van der Waals surface area contributed by atoms with Crippen molar-refractivity contribution in [3.63, 3.8) is 0 Å². The first-order chi connectivity index (χ1) is 6.74. The van der Waals surface area contributed by atoms with Crippen LogP contribution in [0.2, 0.25) is 0 Å². The lowest BCUT2D eigenvalue weighted by Gasteiger charge is -2.30. The number of hydrogen-bond donors (Lipinski definition) is 0. The van der Waals surface area contributed by atoms with Crippen LogP contribution >= 0.6 is 11.8 Å². The molecule has 1 unspecified atom stereocenters. The molecule has 1 saturated heterocycles. The fraction of sp³-hybridized carbons (Fsp3) is 0.909. The monoisotopic (exact) mass is 215 g/mol. The van der Waals surface area contributed by atoms with E-state index in [2.05, 4.69) is 13.8 Å². The van der Waals surface area contributed by atoms with E-state index in [0.717, 1.165) is 31.7 Å². The normalized spacial score (nSPS) is 22.4. The third kappa shape index (κ3) is 3.91. The molecule has 0 aromatic heterocycles. The summed E-state index contributed by atoms with van der Waals surface area (Å²) in [5.41, 5.74) is 0. The zero-order valence-corrected chi connectivity index (χ0v) is 10.1. The largest absolute Gasteiger partial charge is 0.341 e. The Morgan fingerprint density at radius 3 is 2.93 bits per heavy atom. The summed E-state index contributed by atoms with van der Waals surface area (Å²) in [5.74, 6) is 1.48. The van der Waals surface area contributed by atoms with Gasteiger partial charge in [-0.25, -0.2) is 0 Å². The molecule has 1 atom stereocenters. The summed E-state index contributed by atoms with van der Waals surface area (Å²) in [5, 5.41) is 0.624. The van der Waals surface area contributed by atoms with Crippen molar-refractivity contribution in [2.45, 2.75) is 44.8 Å². The van der Waals surface area contributed by atoms with Gasteiger partial charge in [-0.3, -0.25) is 4.79 Å². The highest BCUT2D eigenvalue weighted by Crippen LogP contribution is 2.18. The van der Waals surface area contributed by atoms with Gasteiger partial charge >= 0.3 is 0 Å². The van der Waals surface area contributed by atoms with Crippen LogP contribution in [0, 0.1) is 0 Å². The van der Waals surface area contributed by atoms with Crippen molar-refractivity contribution in [2.24, 2.45) is 0 Å². The number of rotatable bonds is 4. The molecular formula is C11H21NOS. The van der Waals surface area contributed by atoms with E-state index in [9.17, 15) is 4.79 Å². The Kier molecular flexibility index (Phi) is 5.38. The van der Waals surface area contributed by atoms with Crippen molar-refractivity contribution in [3.8, 4) is 0 Å². The standard InChI is InChI=1S/C11H21NOS/c1-3-4-5-6-11(13)12-7-8-14-10(2)9-12/h10H,3-9H2,1-2H3. The van der Waals surface area contributed by atoms with E-state index in [1.165, 1.54) is 12.8 Å². The van der Waals surface area contributed by atoms with E-state index in [4.69, 9.17) is 0 Å². The summed E-state index contributed by atoms with van der Waals surface area (Å²) in [6.07, 6.45) is 4.20. The highest BCUT2D eigenvalue weighted by atomic mass is 32.2. The first-order valence-corrected chi connectivity index (χ1v) is 6.68. The minimum Gasteiger partial charge on any atom is -0.341 e. The summed E-state index contributed by atoms with van der Waals surface area (Å²) < 4.78 is 0. The van der Waals surface area contributed by atoms with E-state index in [0.29, 0.717) is 11.2 Å². The van der Waals surface area contributed by atoms with Crippen LogP contribution in [0.3, 0.4) is 0 Å². The number of nitrogens with zero attached hydrogens (tertiary/aromatic N) is 1. The molecule has 0 spiro atoms. The first kappa shape index (κ1) is 11.9. The van der Waals surface area contributed by atoms with Gasteiger partial charge in [0, 0.05) is 30.5 Å². The lowest BCUT2D eigenvalue weighted by atomic mass is 10.2. The van der Waals surface area contributed by atoms with Gasteiger partial charge in [0.15, 0.2) is 0 Å². The highest BCUT2D eigenvalue weighted by molar-refractivity contribution is 7.99. The van der Waals surface area contributed by atoms with Crippen molar-refractivity contribution in [1.82, 2.24) is 4.90 Å². The second-order valence-electron chi connectivity index (χ2n) is 3.98. The summed E-state index contributed by atoms with van der Waals surface area (Å²) in [6.45, 7) is 6.29. The molecule has 1 aliphatic rings. The molecular weight excluding hydrogens is 194 g/mol. The molecule has 0 aromatic rings. The van der Waals surface area contributed by atoms with Gasteiger partial charge in [-0.15, -0.1) is 0 Å². The molecule has 1 fully saturated rings. The highest BCUT2D eigenvalue weighted by Gasteiger charge is 2.20. The number of carbonyl (C=O) groups excluding carboxylic acids is 1. The van der Waals surface area contributed by atoms with Crippen LogP contribution in [0.25, 0.3) is 0 Å². The van der Waals surface area contributed by atoms with Gasteiger partial charge in [-0.1, -0.05) is 26.7 Å². The molecule has 14 heavy (non-hydrogen) atoms. The average Bonchev–Trinajstić information content (AvgIpc) is 2.18. The van der Waals surface area contributed by atoms with Crippen LogP contribution in [-0.2, 0) is 4.79 Å². The van der Waals surface area contributed by atoms with Gasteiger partial charge in [0.1, 0.15) is 0 Å². The zero-order valence-electron chi connectivity index (χ0n) is 9.29. The fourth-order valence-electron chi connectivity index (χ4n) is 1.73. The molecule has 1 heterocycles. The fourth-order valence-corrected chi connectivity index (χ4v) is 2.74. The predicted octanol–water partition coefficient (Wildman–Crippen LogP) is 2.53. The predicted molar refractivity (Wildman–Crippen MR) is 62.6 cm³/mol. The Labute approximate surface area is 91.4 Å². The van der Waals surface area contributed by atoms with Gasteiger partial charge in [0.25, 0.3) is 0 Å². The van der Waals surface area contributed by atoms with Gasteiger partial charge in [0.05, 0.1) is 0 Å². The summed E-state index contributed by atoms with van der Waals surface area (Å²) >= 11 is 1.97. The van der Waals surface area contributed by atoms with Crippen molar-refractivity contribution in [3.05, 3.63) is 0 Å². The Bertz CT molecular complexity index is 184. The molecule has 0 radical (unpaired) electrons. The molecule has 0 N–H and O–H groups in total. The Morgan fingerprint density at radius 1 is 1.50 bits per heavy atom. The topological polar surface area (TPSA) is 20.3 Å². The molecule has 1 rings (SSSR count). The molecule has 0 aliphatic carbocycles. The molecule has 1 aliphatic heterocycles. The van der Waals surface area contributed by atoms with Crippen LogP contribution in [0.15, 0.2) is 0 Å². The van der Waals surface area contributed by atoms with E-state index >= 15 is 0 Å². The second-order valence-corrected chi connectivity index (χ2v) is 5.52. The van der Waals surface area contributed by atoms with E-state index < -0.39 is 0 Å². The number of thioether (sulfide) groups is 1. The SMILES string of the molecule is CCCCCC(=O)N1CCSC(C)C1. The maximum absolute atomic E-state index is 11.7. The van der Waals surface area contributed by atoms with Crippen LogP contribution in [0.4, 0.5) is 0 Å². The van der Waals surface area contributed by atoms with Crippen LogP contribution in [0.5, 0.6) is 0 Å². The summed E-state index contributed by atoms with van der Waals surface area (Å²) in [7, 11) is 0. The molecule has 0 bridgehead atoms. The number of carbonyl (C=O) groups is 1. The van der Waals surface area contributed by atoms with Crippen LogP contribution in [-0.4, -0.2) is 34.9 Å². The van der Waals surface area contributed by atoms with Gasteiger partial charge < -0.3 is 4.90 Å². The van der Waals surface area contributed by atoms with Gasteiger partial charge in [0.2, 0.25) is 5.91 Å². The molecule has 0 aromatic carbocycles. The van der Waals surface area contributed by atoms with Crippen molar-refractivity contribution < 1.29 is 4.79 Å². The molecule has 0 saturated carbocycles. The smallest absolute Gasteiger partial charge is 0.222 e. The second kappa shape index (κ2) is 6.33. The number of hydrogen-bond acceptors (Lipinski definition) is 2.